The summed E-state index contributed by atoms with van der Waals surface area (Å²) in [5, 5.41) is 2.80. The molecule has 0 aromatic heterocycles. The van der Waals surface area contributed by atoms with Gasteiger partial charge in [0.25, 0.3) is 0 Å². The highest BCUT2D eigenvalue weighted by molar-refractivity contribution is 7.89. The summed E-state index contributed by atoms with van der Waals surface area (Å²) in [6.45, 7) is 9.31. The minimum atomic E-state index is -3.60. The lowest BCUT2D eigenvalue weighted by molar-refractivity contribution is -0.121. The van der Waals surface area contributed by atoms with Crippen molar-refractivity contribution in [1.29, 1.82) is 0 Å². The molecule has 0 radical (unpaired) electrons. The van der Waals surface area contributed by atoms with Crippen molar-refractivity contribution in [3.63, 3.8) is 0 Å². The van der Waals surface area contributed by atoms with Gasteiger partial charge in [-0.25, -0.2) is 17.9 Å². The fraction of sp³-hybridized carbons (Fsp3) is 0.600. The van der Waals surface area contributed by atoms with E-state index in [2.05, 4.69) is 14.9 Å². The molecule has 0 atom stereocenters. The van der Waals surface area contributed by atoms with E-state index in [0.29, 0.717) is 39.3 Å². The molecule has 168 valence electrons. The van der Waals surface area contributed by atoms with Crippen LogP contribution in [-0.2, 0) is 19.6 Å². The molecule has 0 spiro atoms. The fourth-order valence-electron chi connectivity index (χ4n) is 2.90. The molecule has 0 unspecified atom stereocenters. The number of carbonyl (C=O) groups excluding carboxylic acids is 2. The summed E-state index contributed by atoms with van der Waals surface area (Å²) in [5.74, 6) is -0.210. The maximum absolute atomic E-state index is 12.1. The first kappa shape index (κ1) is 24.1. The quantitative estimate of drug-likeness (QED) is 0.625. The van der Waals surface area contributed by atoms with Crippen LogP contribution in [0, 0.1) is 0 Å². The summed E-state index contributed by atoms with van der Waals surface area (Å²) < 4.78 is 32.0. The van der Waals surface area contributed by atoms with E-state index in [1.807, 2.05) is 20.8 Å². The van der Waals surface area contributed by atoms with Crippen LogP contribution in [0.5, 0.6) is 0 Å². The normalized spacial score (nSPS) is 15.6. The number of carbonyl (C=O) groups is 2. The maximum atomic E-state index is 12.1. The number of sulfonamides is 1. The van der Waals surface area contributed by atoms with E-state index in [1.165, 1.54) is 12.1 Å². The van der Waals surface area contributed by atoms with Crippen molar-refractivity contribution in [2.75, 3.05) is 45.8 Å². The molecule has 1 saturated heterocycles. The second kappa shape index (κ2) is 10.7. The van der Waals surface area contributed by atoms with Crippen LogP contribution in [0.25, 0.3) is 0 Å². The van der Waals surface area contributed by atoms with E-state index in [-0.39, 0.29) is 29.9 Å². The minimum absolute atomic E-state index is 0.0393. The Morgan fingerprint density at radius 3 is 2.27 bits per heavy atom. The molecule has 1 aliphatic heterocycles. The standard InChI is InChI=1S/C20H32N4O5S/c1-20(2,3)29-19(26)24-15-13-23(14-16-24)12-11-21-18(25)9-10-22-30(27,28)17-7-5-4-6-8-17/h4-8,22H,9-16H2,1-3H3,(H,21,25). The summed E-state index contributed by atoms with van der Waals surface area (Å²) in [6, 6.07) is 8.04. The average molecular weight is 441 g/mol. The zero-order valence-corrected chi connectivity index (χ0v) is 18.7. The molecule has 2 amide bonds. The van der Waals surface area contributed by atoms with Gasteiger partial charge in [0, 0.05) is 52.2 Å². The lowest BCUT2D eigenvalue weighted by atomic mass is 10.2. The van der Waals surface area contributed by atoms with Gasteiger partial charge in [-0.3, -0.25) is 9.69 Å². The Labute approximate surface area is 178 Å². The first-order chi connectivity index (χ1) is 14.1. The van der Waals surface area contributed by atoms with Gasteiger partial charge < -0.3 is 15.0 Å². The Hall–Kier alpha value is -2.17. The van der Waals surface area contributed by atoms with Gasteiger partial charge in [-0.15, -0.1) is 0 Å². The molecule has 1 aromatic carbocycles. The number of amides is 2. The molecule has 2 N–H and O–H groups in total. The van der Waals surface area contributed by atoms with E-state index in [9.17, 15) is 18.0 Å². The number of rotatable bonds is 8. The molecule has 1 heterocycles. The van der Waals surface area contributed by atoms with Crippen molar-refractivity contribution in [3.05, 3.63) is 30.3 Å². The first-order valence-corrected chi connectivity index (χ1v) is 11.6. The van der Waals surface area contributed by atoms with Crippen LogP contribution in [0.1, 0.15) is 27.2 Å². The van der Waals surface area contributed by atoms with Crippen LogP contribution in [0.3, 0.4) is 0 Å². The van der Waals surface area contributed by atoms with Crippen LogP contribution in [-0.4, -0.2) is 81.6 Å². The van der Waals surface area contributed by atoms with Gasteiger partial charge in [0.05, 0.1) is 4.90 Å². The van der Waals surface area contributed by atoms with Crippen molar-refractivity contribution >= 4 is 22.0 Å². The monoisotopic (exact) mass is 440 g/mol. The molecule has 1 aromatic rings. The molecule has 1 aliphatic rings. The number of nitrogens with zero attached hydrogens (tertiary/aromatic N) is 2. The van der Waals surface area contributed by atoms with E-state index in [1.54, 1.807) is 23.1 Å². The van der Waals surface area contributed by atoms with Gasteiger partial charge in [0.2, 0.25) is 15.9 Å². The second-order valence-electron chi connectivity index (χ2n) is 8.12. The summed E-state index contributed by atoms with van der Waals surface area (Å²) in [4.78, 5) is 28.0. The lowest BCUT2D eigenvalue weighted by Gasteiger charge is -2.35. The maximum Gasteiger partial charge on any atom is 0.410 e. The molecule has 10 heteroatoms. The topological polar surface area (TPSA) is 108 Å². The number of benzene rings is 1. The van der Waals surface area contributed by atoms with Crippen molar-refractivity contribution in [2.45, 2.75) is 37.7 Å². The van der Waals surface area contributed by atoms with Gasteiger partial charge in [0.15, 0.2) is 0 Å². The predicted octanol–water partition coefficient (Wildman–Crippen LogP) is 1.02. The van der Waals surface area contributed by atoms with Crippen molar-refractivity contribution in [3.8, 4) is 0 Å². The average Bonchev–Trinajstić information content (AvgIpc) is 2.68. The zero-order valence-electron chi connectivity index (χ0n) is 17.9. The molecule has 30 heavy (non-hydrogen) atoms. The SMILES string of the molecule is CC(C)(C)OC(=O)N1CCN(CCNC(=O)CCNS(=O)(=O)c2ccccc2)CC1. The van der Waals surface area contributed by atoms with Crippen LogP contribution in [0.2, 0.25) is 0 Å². The van der Waals surface area contributed by atoms with Gasteiger partial charge in [-0.2, -0.15) is 0 Å². The lowest BCUT2D eigenvalue weighted by Crippen LogP contribution is -2.51. The van der Waals surface area contributed by atoms with Crippen LogP contribution >= 0.6 is 0 Å². The number of ether oxygens (including phenoxy) is 1. The molecule has 0 aliphatic carbocycles. The van der Waals surface area contributed by atoms with Crippen molar-refractivity contribution < 1.29 is 22.7 Å². The summed E-state index contributed by atoms with van der Waals surface area (Å²) in [7, 11) is -3.60. The van der Waals surface area contributed by atoms with E-state index in [0.717, 1.165) is 0 Å². The minimum Gasteiger partial charge on any atom is -0.444 e. The highest BCUT2D eigenvalue weighted by atomic mass is 32.2. The molecule has 9 nitrogen and oxygen atoms in total. The van der Waals surface area contributed by atoms with Crippen LogP contribution in [0.4, 0.5) is 4.79 Å². The van der Waals surface area contributed by atoms with Gasteiger partial charge >= 0.3 is 6.09 Å². The van der Waals surface area contributed by atoms with Gasteiger partial charge in [0.1, 0.15) is 5.60 Å². The molecular weight excluding hydrogens is 408 g/mol. The fourth-order valence-corrected chi connectivity index (χ4v) is 3.96. The third-order valence-electron chi connectivity index (χ3n) is 4.47. The highest BCUT2D eigenvalue weighted by Crippen LogP contribution is 2.11. The molecule has 2 rings (SSSR count). The third kappa shape index (κ3) is 8.29. The smallest absolute Gasteiger partial charge is 0.410 e. The van der Waals surface area contributed by atoms with Gasteiger partial charge in [-0.1, -0.05) is 18.2 Å². The molecular formula is C20H32N4O5S. The van der Waals surface area contributed by atoms with E-state index >= 15 is 0 Å². The van der Waals surface area contributed by atoms with Crippen LogP contribution < -0.4 is 10.0 Å². The Kier molecular flexibility index (Phi) is 8.63. The molecule has 1 fully saturated rings. The van der Waals surface area contributed by atoms with Crippen molar-refractivity contribution in [1.82, 2.24) is 19.8 Å². The Balaban J connectivity index is 1.60. The number of nitrogens with one attached hydrogen (secondary N) is 2. The Morgan fingerprint density at radius 2 is 1.67 bits per heavy atom. The van der Waals surface area contributed by atoms with E-state index < -0.39 is 15.6 Å². The first-order valence-electron chi connectivity index (χ1n) is 10.1. The number of hydrogen-bond acceptors (Lipinski definition) is 6. The largest absolute Gasteiger partial charge is 0.444 e. The Bertz CT molecular complexity index is 800. The van der Waals surface area contributed by atoms with Crippen LogP contribution in [0.15, 0.2) is 35.2 Å². The van der Waals surface area contributed by atoms with Gasteiger partial charge in [-0.05, 0) is 32.9 Å². The highest BCUT2D eigenvalue weighted by Gasteiger charge is 2.25. The third-order valence-corrected chi connectivity index (χ3v) is 5.95. The number of hydrogen-bond donors (Lipinski definition) is 2. The predicted molar refractivity (Wildman–Crippen MR) is 114 cm³/mol. The Morgan fingerprint density at radius 1 is 1.03 bits per heavy atom. The summed E-state index contributed by atoms with van der Waals surface area (Å²) >= 11 is 0. The summed E-state index contributed by atoms with van der Waals surface area (Å²) in [6.07, 6.45) is -0.230. The second-order valence-corrected chi connectivity index (χ2v) is 9.89. The molecule has 0 saturated carbocycles. The zero-order chi connectivity index (χ0) is 22.2. The summed E-state index contributed by atoms with van der Waals surface area (Å²) in [5.41, 5.74) is -0.506. The van der Waals surface area contributed by atoms with E-state index in [4.69, 9.17) is 4.74 Å². The van der Waals surface area contributed by atoms with Crippen molar-refractivity contribution in [2.24, 2.45) is 0 Å². The number of piperazine rings is 1. The molecule has 0 bridgehead atoms.